The number of anilines is 1. The second kappa shape index (κ2) is 6.06. The minimum Gasteiger partial charge on any atom is -0.492 e. The third-order valence-corrected chi connectivity index (χ3v) is 2.80. The van der Waals surface area contributed by atoms with Gasteiger partial charge in [0.25, 0.3) is 11.5 Å². The molecular formula is C15H16N2O3. The molecule has 0 fully saturated rings. The van der Waals surface area contributed by atoms with Crippen molar-refractivity contribution < 1.29 is 9.53 Å². The Morgan fingerprint density at radius 3 is 2.75 bits per heavy atom. The molecule has 5 heteroatoms. The first kappa shape index (κ1) is 13.9. The smallest absolute Gasteiger partial charge is 0.263 e. The zero-order valence-corrected chi connectivity index (χ0v) is 11.4. The van der Waals surface area contributed by atoms with Crippen LogP contribution >= 0.6 is 0 Å². The van der Waals surface area contributed by atoms with Gasteiger partial charge in [0.2, 0.25) is 0 Å². The van der Waals surface area contributed by atoms with Crippen molar-refractivity contribution in [1.82, 2.24) is 4.57 Å². The van der Waals surface area contributed by atoms with Gasteiger partial charge in [-0.05, 0) is 31.2 Å². The van der Waals surface area contributed by atoms with Crippen molar-refractivity contribution in [2.75, 3.05) is 11.9 Å². The van der Waals surface area contributed by atoms with E-state index in [-0.39, 0.29) is 11.1 Å². The number of amides is 1. The highest BCUT2D eigenvalue weighted by Gasteiger charge is 2.13. The van der Waals surface area contributed by atoms with Crippen LogP contribution in [0.4, 0.5) is 5.69 Å². The Hall–Kier alpha value is -2.56. The predicted octanol–water partition coefficient (Wildman–Crippen LogP) is 2.04. The predicted molar refractivity (Wildman–Crippen MR) is 77.2 cm³/mol. The number of carbonyl (C=O) groups is 1. The van der Waals surface area contributed by atoms with Gasteiger partial charge in [-0.2, -0.15) is 0 Å². The lowest BCUT2D eigenvalue weighted by atomic mass is 10.2. The number of para-hydroxylation sites is 2. The number of nitrogens with zero attached hydrogens (tertiary/aromatic N) is 1. The van der Waals surface area contributed by atoms with Crippen LogP contribution in [0.15, 0.2) is 47.4 Å². The van der Waals surface area contributed by atoms with Crippen LogP contribution in [0.25, 0.3) is 0 Å². The fourth-order valence-electron chi connectivity index (χ4n) is 1.81. The Morgan fingerprint density at radius 1 is 1.25 bits per heavy atom. The van der Waals surface area contributed by atoms with E-state index in [2.05, 4.69) is 5.32 Å². The van der Waals surface area contributed by atoms with Gasteiger partial charge < -0.3 is 14.6 Å². The number of carbonyl (C=O) groups excluding carboxylic acids is 1. The monoisotopic (exact) mass is 272 g/mol. The first-order valence-electron chi connectivity index (χ1n) is 6.32. The first-order chi connectivity index (χ1) is 9.63. The molecule has 20 heavy (non-hydrogen) atoms. The highest BCUT2D eigenvalue weighted by atomic mass is 16.5. The molecule has 1 amide bonds. The summed E-state index contributed by atoms with van der Waals surface area (Å²) in [7, 11) is 1.60. The molecular weight excluding hydrogens is 256 g/mol. The van der Waals surface area contributed by atoms with Crippen LogP contribution in [0.2, 0.25) is 0 Å². The topological polar surface area (TPSA) is 60.3 Å². The van der Waals surface area contributed by atoms with Crippen molar-refractivity contribution in [2.24, 2.45) is 7.05 Å². The molecule has 2 rings (SSSR count). The highest BCUT2D eigenvalue weighted by molar-refractivity contribution is 6.04. The summed E-state index contributed by atoms with van der Waals surface area (Å²) in [6.07, 6.45) is 1.60. The van der Waals surface area contributed by atoms with Crippen LogP contribution in [0.3, 0.4) is 0 Å². The fraction of sp³-hybridized carbons (Fsp3) is 0.200. The molecule has 1 heterocycles. The maximum absolute atomic E-state index is 12.2. The molecule has 1 N–H and O–H groups in total. The number of hydrogen-bond acceptors (Lipinski definition) is 3. The van der Waals surface area contributed by atoms with Gasteiger partial charge in [0.1, 0.15) is 11.3 Å². The molecule has 104 valence electrons. The largest absolute Gasteiger partial charge is 0.492 e. The third-order valence-electron chi connectivity index (χ3n) is 2.80. The van der Waals surface area contributed by atoms with Gasteiger partial charge in [0, 0.05) is 13.2 Å². The number of aryl methyl sites for hydroxylation is 1. The molecule has 0 aliphatic rings. The zero-order chi connectivity index (χ0) is 14.5. The van der Waals surface area contributed by atoms with E-state index in [0.29, 0.717) is 18.0 Å². The summed E-state index contributed by atoms with van der Waals surface area (Å²) in [5.74, 6) is 0.134. The number of rotatable bonds is 4. The number of ether oxygens (including phenoxy) is 1. The third kappa shape index (κ3) is 2.88. The van der Waals surface area contributed by atoms with Crippen molar-refractivity contribution in [3.05, 3.63) is 58.5 Å². The van der Waals surface area contributed by atoms with Crippen LogP contribution in [-0.2, 0) is 7.05 Å². The van der Waals surface area contributed by atoms with Crippen molar-refractivity contribution in [3.63, 3.8) is 0 Å². The summed E-state index contributed by atoms with van der Waals surface area (Å²) < 4.78 is 6.79. The van der Waals surface area contributed by atoms with E-state index < -0.39 is 5.91 Å². The summed E-state index contributed by atoms with van der Waals surface area (Å²) in [6, 6.07) is 10.3. The molecule has 0 atom stereocenters. The van der Waals surface area contributed by atoms with Crippen LogP contribution < -0.4 is 15.6 Å². The molecule has 0 aliphatic heterocycles. The summed E-state index contributed by atoms with van der Waals surface area (Å²) in [5.41, 5.74) is 0.311. The first-order valence-corrected chi connectivity index (χ1v) is 6.32. The minimum absolute atomic E-state index is 0.0984. The maximum atomic E-state index is 12.2. The normalized spacial score (nSPS) is 10.1. The van der Waals surface area contributed by atoms with Crippen molar-refractivity contribution in [1.29, 1.82) is 0 Å². The van der Waals surface area contributed by atoms with Gasteiger partial charge in [-0.25, -0.2) is 0 Å². The van der Waals surface area contributed by atoms with Gasteiger partial charge in [-0.1, -0.05) is 12.1 Å². The van der Waals surface area contributed by atoms with E-state index in [1.165, 1.54) is 10.6 Å². The Kier molecular flexibility index (Phi) is 4.20. The van der Waals surface area contributed by atoms with Gasteiger partial charge in [-0.3, -0.25) is 9.59 Å². The second-order valence-corrected chi connectivity index (χ2v) is 4.22. The summed E-state index contributed by atoms with van der Waals surface area (Å²) in [4.78, 5) is 24.0. The lowest BCUT2D eigenvalue weighted by Crippen LogP contribution is -2.27. The van der Waals surface area contributed by atoms with Gasteiger partial charge in [0.05, 0.1) is 12.3 Å². The highest BCUT2D eigenvalue weighted by Crippen LogP contribution is 2.23. The molecule has 2 aromatic rings. The zero-order valence-electron chi connectivity index (χ0n) is 11.4. The van der Waals surface area contributed by atoms with Gasteiger partial charge >= 0.3 is 0 Å². The number of pyridine rings is 1. The van der Waals surface area contributed by atoms with E-state index in [0.717, 1.165) is 0 Å². The van der Waals surface area contributed by atoms with Crippen LogP contribution in [0.1, 0.15) is 17.3 Å². The average molecular weight is 272 g/mol. The molecule has 1 aromatic heterocycles. The quantitative estimate of drug-likeness (QED) is 0.926. The van der Waals surface area contributed by atoms with E-state index in [1.807, 2.05) is 13.0 Å². The van der Waals surface area contributed by atoms with Gasteiger partial charge in [0.15, 0.2) is 0 Å². The van der Waals surface area contributed by atoms with Crippen molar-refractivity contribution in [2.45, 2.75) is 6.92 Å². The van der Waals surface area contributed by atoms with E-state index in [9.17, 15) is 9.59 Å². The molecule has 0 unspecified atom stereocenters. The maximum Gasteiger partial charge on any atom is 0.263 e. The number of nitrogens with one attached hydrogen (secondary N) is 1. The van der Waals surface area contributed by atoms with Crippen molar-refractivity contribution in [3.8, 4) is 5.75 Å². The average Bonchev–Trinajstić information content (AvgIpc) is 2.44. The Labute approximate surface area is 116 Å². The van der Waals surface area contributed by atoms with Gasteiger partial charge in [-0.15, -0.1) is 0 Å². The van der Waals surface area contributed by atoms with E-state index >= 15 is 0 Å². The molecule has 0 bridgehead atoms. The SMILES string of the molecule is CCOc1ccccc1NC(=O)c1cccn(C)c1=O. The molecule has 0 radical (unpaired) electrons. The summed E-state index contributed by atoms with van der Waals surface area (Å²) in [5, 5.41) is 2.70. The van der Waals surface area contributed by atoms with E-state index in [4.69, 9.17) is 4.74 Å². The number of aromatic nitrogens is 1. The minimum atomic E-state index is -0.446. The molecule has 0 saturated heterocycles. The standard InChI is InChI=1S/C15H16N2O3/c1-3-20-13-9-5-4-8-12(13)16-14(18)11-7-6-10-17(2)15(11)19/h4-10H,3H2,1-2H3,(H,16,18). The molecule has 5 nitrogen and oxygen atoms in total. The Balaban J connectivity index is 2.28. The molecule has 0 spiro atoms. The van der Waals surface area contributed by atoms with Crippen LogP contribution in [-0.4, -0.2) is 17.1 Å². The molecule has 1 aromatic carbocycles. The Bertz CT molecular complexity index is 677. The number of benzene rings is 1. The summed E-state index contributed by atoms with van der Waals surface area (Å²) in [6.45, 7) is 2.37. The molecule has 0 saturated carbocycles. The summed E-state index contributed by atoms with van der Waals surface area (Å²) >= 11 is 0. The van der Waals surface area contributed by atoms with E-state index in [1.54, 1.807) is 37.5 Å². The van der Waals surface area contributed by atoms with Crippen molar-refractivity contribution >= 4 is 11.6 Å². The Morgan fingerprint density at radius 2 is 2.00 bits per heavy atom. The van der Waals surface area contributed by atoms with Crippen LogP contribution in [0.5, 0.6) is 5.75 Å². The lowest BCUT2D eigenvalue weighted by molar-refractivity contribution is 0.102. The fourth-order valence-corrected chi connectivity index (χ4v) is 1.81. The number of hydrogen-bond donors (Lipinski definition) is 1. The van der Waals surface area contributed by atoms with Crippen LogP contribution in [0, 0.1) is 0 Å². The lowest BCUT2D eigenvalue weighted by Gasteiger charge is -2.11. The second-order valence-electron chi connectivity index (χ2n) is 4.22. The molecule has 0 aliphatic carbocycles.